The van der Waals surface area contributed by atoms with E-state index in [0.29, 0.717) is 25.7 Å². The highest BCUT2D eigenvalue weighted by Crippen LogP contribution is 2.44. The van der Waals surface area contributed by atoms with Crippen molar-refractivity contribution in [1.82, 2.24) is 24.8 Å². The zero-order valence-corrected chi connectivity index (χ0v) is 36.3. The van der Waals surface area contributed by atoms with Gasteiger partial charge in [-0.25, -0.2) is 19.6 Å². The van der Waals surface area contributed by atoms with Crippen molar-refractivity contribution in [3.05, 3.63) is 0 Å². The fourth-order valence-electron chi connectivity index (χ4n) is 9.58. The van der Waals surface area contributed by atoms with Gasteiger partial charge < -0.3 is 24.6 Å². The molecule has 0 saturated carbocycles. The molecule has 2 fully saturated rings. The molecule has 0 radical (unpaired) electrons. The van der Waals surface area contributed by atoms with Gasteiger partial charge >= 0.3 is 11.9 Å². The number of esters is 2. The van der Waals surface area contributed by atoms with Crippen molar-refractivity contribution in [2.24, 2.45) is 21.8 Å². The minimum Gasteiger partial charge on any atom is -0.461 e. The van der Waals surface area contributed by atoms with Gasteiger partial charge in [0.05, 0.1) is 13.2 Å². The van der Waals surface area contributed by atoms with Crippen LogP contribution in [0, 0.1) is 11.8 Å². The lowest BCUT2D eigenvalue weighted by Gasteiger charge is -2.55. The van der Waals surface area contributed by atoms with Gasteiger partial charge in [0.1, 0.15) is 11.4 Å². The summed E-state index contributed by atoms with van der Waals surface area (Å²) in [6, 6.07) is 0. The van der Waals surface area contributed by atoms with Gasteiger partial charge in [0.15, 0.2) is 0 Å². The third-order valence-corrected chi connectivity index (χ3v) is 10.7. The van der Waals surface area contributed by atoms with Crippen LogP contribution in [0.2, 0.25) is 0 Å². The summed E-state index contributed by atoms with van der Waals surface area (Å²) in [5, 5.41) is 3.44. The van der Waals surface area contributed by atoms with E-state index in [1.54, 1.807) is 27.7 Å². The fourth-order valence-corrected chi connectivity index (χ4v) is 9.58. The Labute approximate surface area is 329 Å². The monoisotopic (exact) mass is 769 g/mol. The van der Waals surface area contributed by atoms with E-state index in [0.717, 1.165) is 25.7 Å². The highest BCUT2D eigenvalue weighted by atomic mass is 16.5. The molecule has 3 heterocycles. The van der Waals surface area contributed by atoms with Gasteiger partial charge in [-0.1, -0.05) is 26.2 Å². The number of nitrogens with one attached hydrogen (secondary N) is 1. The lowest BCUT2D eigenvalue weighted by Crippen LogP contribution is -2.63. The molecular weight excluding hydrogens is 701 g/mol. The molecule has 55 heavy (non-hydrogen) atoms. The molecule has 308 valence electrons. The van der Waals surface area contributed by atoms with Crippen molar-refractivity contribution < 1.29 is 28.7 Å². The van der Waals surface area contributed by atoms with Crippen LogP contribution in [0.3, 0.4) is 0 Å². The lowest BCUT2D eigenvalue weighted by atomic mass is 9.71. The van der Waals surface area contributed by atoms with E-state index in [1.165, 1.54) is 0 Å². The first-order chi connectivity index (χ1) is 25.3. The number of rotatable bonds is 14. The van der Waals surface area contributed by atoms with Crippen LogP contribution in [0.4, 0.5) is 17.8 Å². The molecule has 0 atom stereocenters. The topological polar surface area (TPSA) is 169 Å². The van der Waals surface area contributed by atoms with Gasteiger partial charge in [-0.05, 0) is 115 Å². The number of likely N-dealkylation sites (tertiary alicyclic amines) is 2. The first kappa shape index (κ1) is 45.4. The van der Waals surface area contributed by atoms with E-state index in [4.69, 9.17) is 29.4 Å². The first-order valence-electron chi connectivity index (χ1n) is 20.0. The number of aromatic nitrogens is 3. The minimum absolute atomic E-state index is 0.0449. The van der Waals surface area contributed by atoms with Gasteiger partial charge in [-0.15, -0.1) is 0 Å². The zero-order valence-electron chi connectivity index (χ0n) is 36.3. The number of ether oxygens (including phenoxy) is 2. The molecule has 0 spiro atoms. The third kappa shape index (κ3) is 11.3. The molecule has 1 N–H and O–H groups in total. The summed E-state index contributed by atoms with van der Waals surface area (Å²) in [6.07, 6.45) is 5.80. The molecule has 0 aliphatic carbocycles. The summed E-state index contributed by atoms with van der Waals surface area (Å²) < 4.78 is 11.1. The largest absolute Gasteiger partial charge is 0.461 e. The summed E-state index contributed by atoms with van der Waals surface area (Å²) >= 11 is 0. The molecule has 0 unspecified atom stereocenters. The van der Waals surface area contributed by atoms with Crippen LogP contribution in [0.15, 0.2) is 9.98 Å². The van der Waals surface area contributed by atoms with Crippen molar-refractivity contribution >= 4 is 53.0 Å². The Morgan fingerprint density at radius 2 is 1.04 bits per heavy atom. The smallest absolute Gasteiger partial charge is 0.353 e. The van der Waals surface area contributed by atoms with E-state index < -0.39 is 51.5 Å². The van der Waals surface area contributed by atoms with Crippen molar-refractivity contribution in [3.8, 4) is 0 Å². The number of hydrogen-bond acceptors (Lipinski definition) is 12. The highest BCUT2D eigenvalue weighted by Gasteiger charge is 2.50. The molecular formula is C41H68N8O6. The third-order valence-electron chi connectivity index (χ3n) is 10.7. The molecule has 1 aromatic rings. The molecule has 2 aliphatic rings. The SMILES string of the molecule is CCCCCC(C)(C)Nc1nc(N=C(C(=O)OCC)C2CC(C)(C)N(C(C)=O)C(C)(C)C2)nc(N=C(C(=O)OCC)C2CC(C)(C)N(C(C)=O)C(C)(C)C2)n1. The Bertz CT molecular complexity index is 1510. The van der Waals surface area contributed by atoms with Gasteiger partial charge in [-0.2, -0.15) is 15.0 Å². The number of anilines is 1. The Hall–Kier alpha value is -3.97. The normalized spacial score (nSPS) is 20.2. The van der Waals surface area contributed by atoms with E-state index in [9.17, 15) is 19.2 Å². The molecule has 1 aromatic heterocycles. The van der Waals surface area contributed by atoms with Crippen LogP contribution in [0.25, 0.3) is 0 Å². The number of aliphatic imine (C=N–C) groups is 2. The quantitative estimate of drug-likeness (QED) is 0.113. The van der Waals surface area contributed by atoms with Crippen LogP contribution in [0.1, 0.15) is 155 Å². The summed E-state index contributed by atoms with van der Waals surface area (Å²) in [5.41, 5.74) is -2.51. The van der Waals surface area contributed by atoms with E-state index >= 15 is 0 Å². The highest BCUT2D eigenvalue weighted by molar-refractivity contribution is 6.38. The van der Waals surface area contributed by atoms with Crippen molar-refractivity contribution in [1.29, 1.82) is 0 Å². The minimum atomic E-state index is -0.594. The molecule has 14 heteroatoms. The Balaban J connectivity index is 2.29. The number of unbranched alkanes of at least 4 members (excludes halogenated alkanes) is 2. The molecule has 0 aromatic carbocycles. The molecule has 14 nitrogen and oxygen atoms in total. The molecule has 2 amide bonds. The summed E-state index contributed by atoms with van der Waals surface area (Å²) in [6.45, 7) is 29.1. The number of nitrogens with zero attached hydrogens (tertiary/aromatic N) is 7. The Kier molecular flexibility index (Phi) is 14.4. The molecule has 3 rings (SSSR count). The summed E-state index contributed by atoms with van der Waals surface area (Å²) in [4.78, 5) is 80.5. The lowest BCUT2D eigenvalue weighted by molar-refractivity contribution is -0.149. The van der Waals surface area contributed by atoms with Crippen molar-refractivity contribution in [2.75, 3.05) is 18.5 Å². The van der Waals surface area contributed by atoms with Crippen molar-refractivity contribution in [2.45, 2.75) is 183 Å². The standard InChI is InChI=1S/C41H68N8O6/c1-16-19-20-21-37(6,7)47-36-45-34(42-30(32(52)54-17-2)28-22-38(8,9)48(26(4)50)39(10,11)23-28)44-35(46-36)43-31(33(53)55-18-3)29-24-40(12,13)49(27(5)51)41(14,15)25-29/h28-29H,16-25H2,1-15H3,(H,44,45,46,47). The second-order valence-corrected chi connectivity index (χ2v) is 18.3. The van der Waals surface area contributed by atoms with Gasteiger partial charge in [0, 0.05) is 53.4 Å². The molecule has 2 aliphatic heterocycles. The second-order valence-electron chi connectivity index (χ2n) is 18.3. The van der Waals surface area contributed by atoms with Crippen LogP contribution in [-0.2, 0) is 28.7 Å². The van der Waals surface area contributed by atoms with E-state index in [1.807, 2.05) is 65.2 Å². The van der Waals surface area contributed by atoms with Crippen LogP contribution in [-0.4, -0.2) is 101 Å². The predicted octanol–water partition coefficient (Wildman–Crippen LogP) is 7.55. The maximum Gasteiger partial charge on any atom is 0.353 e. The average Bonchev–Trinajstić information content (AvgIpc) is 2.99. The Morgan fingerprint density at radius 3 is 1.35 bits per heavy atom. The van der Waals surface area contributed by atoms with Gasteiger partial charge in [0.25, 0.3) is 11.9 Å². The zero-order chi connectivity index (χ0) is 41.7. The second kappa shape index (κ2) is 17.4. The number of carbonyl (C=O) groups excluding carboxylic acids is 4. The number of hydrogen-bond donors (Lipinski definition) is 1. The predicted molar refractivity (Wildman–Crippen MR) is 216 cm³/mol. The number of amides is 2. The van der Waals surface area contributed by atoms with E-state index in [-0.39, 0.29) is 54.3 Å². The maximum absolute atomic E-state index is 13.7. The van der Waals surface area contributed by atoms with Crippen LogP contribution in [0.5, 0.6) is 0 Å². The Morgan fingerprint density at radius 1 is 0.673 bits per heavy atom. The van der Waals surface area contributed by atoms with Gasteiger partial charge in [-0.3, -0.25) is 9.59 Å². The number of piperidine rings is 2. The molecule has 0 bridgehead atoms. The van der Waals surface area contributed by atoms with Crippen molar-refractivity contribution in [3.63, 3.8) is 0 Å². The fraction of sp³-hybridized carbons (Fsp3) is 0.780. The van der Waals surface area contributed by atoms with Gasteiger partial charge in [0.2, 0.25) is 17.8 Å². The summed E-state index contributed by atoms with van der Waals surface area (Å²) in [5.74, 6) is -2.00. The van der Waals surface area contributed by atoms with E-state index in [2.05, 4.69) is 31.1 Å². The molecule has 2 saturated heterocycles. The average molecular weight is 769 g/mol. The van der Waals surface area contributed by atoms with Crippen LogP contribution >= 0.6 is 0 Å². The first-order valence-corrected chi connectivity index (χ1v) is 20.0. The number of carbonyl (C=O) groups is 4. The summed E-state index contributed by atoms with van der Waals surface area (Å²) in [7, 11) is 0. The maximum atomic E-state index is 13.7. The van der Waals surface area contributed by atoms with Crippen LogP contribution < -0.4 is 5.32 Å².